The van der Waals surface area contributed by atoms with Crippen LogP contribution in [0, 0.1) is 0 Å². The Morgan fingerprint density at radius 3 is 2.95 bits per heavy atom. The van der Waals surface area contributed by atoms with E-state index in [-0.39, 0.29) is 12.0 Å². The van der Waals surface area contributed by atoms with Gasteiger partial charge in [-0.15, -0.1) is 0 Å². The molecule has 0 aromatic heterocycles. The Labute approximate surface area is 123 Å². The molecule has 1 heterocycles. The van der Waals surface area contributed by atoms with Crippen molar-refractivity contribution < 1.29 is 14.3 Å². The van der Waals surface area contributed by atoms with Crippen LogP contribution in [0.15, 0.2) is 18.2 Å². The zero-order valence-corrected chi connectivity index (χ0v) is 12.4. The van der Waals surface area contributed by atoms with Crippen molar-refractivity contribution in [2.75, 3.05) is 20.3 Å². The van der Waals surface area contributed by atoms with Crippen LogP contribution in [0.5, 0.6) is 5.75 Å². The fraction of sp³-hybridized carbons (Fsp3) is 0.500. The van der Waals surface area contributed by atoms with E-state index in [1.165, 1.54) is 0 Å². The summed E-state index contributed by atoms with van der Waals surface area (Å²) in [4.78, 5) is 13.6. The van der Waals surface area contributed by atoms with Gasteiger partial charge in [-0.1, -0.05) is 17.7 Å². The fourth-order valence-corrected chi connectivity index (χ4v) is 2.79. The van der Waals surface area contributed by atoms with Crippen LogP contribution < -0.4 is 10.5 Å². The Balaban J connectivity index is 2.15. The summed E-state index contributed by atoms with van der Waals surface area (Å²) in [5.74, 6) is 0.272. The molecule has 5 nitrogen and oxygen atoms in total. The molecule has 110 valence electrons. The van der Waals surface area contributed by atoms with Crippen LogP contribution in [0.3, 0.4) is 0 Å². The predicted octanol–water partition coefficient (Wildman–Crippen LogP) is 1.42. The first-order valence-electron chi connectivity index (χ1n) is 6.50. The van der Waals surface area contributed by atoms with E-state index in [2.05, 4.69) is 0 Å². The van der Waals surface area contributed by atoms with Crippen molar-refractivity contribution in [1.82, 2.24) is 4.90 Å². The van der Waals surface area contributed by atoms with Gasteiger partial charge in [0, 0.05) is 13.1 Å². The molecule has 0 spiro atoms. The number of rotatable bonds is 4. The smallest absolute Gasteiger partial charge is 0.237 e. The van der Waals surface area contributed by atoms with Crippen LogP contribution in [0.4, 0.5) is 0 Å². The number of nitrogens with two attached hydrogens (primary N) is 1. The number of hydrogen-bond donors (Lipinski definition) is 1. The monoisotopic (exact) mass is 298 g/mol. The van der Waals surface area contributed by atoms with Gasteiger partial charge in [-0.25, -0.2) is 0 Å². The van der Waals surface area contributed by atoms with Crippen LogP contribution in [0.1, 0.15) is 12.5 Å². The zero-order chi connectivity index (χ0) is 14.7. The van der Waals surface area contributed by atoms with Crippen LogP contribution >= 0.6 is 11.6 Å². The number of halogens is 1. The summed E-state index contributed by atoms with van der Waals surface area (Å²) in [6.07, 6.45) is -0.199. The second kappa shape index (κ2) is 6.43. The lowest BCUT2D eigenvalue weighted by Gasteiger charge is -2.37. The van der Waals surface area contributed by atoms with Gasteiger partial charge in [0.1, 0.15) is 11.8 Å². The van der Waals surface area contributed by atoms with Crippen molar-refractivity contribution in [1.29, 1.82) is 0 Å². The van der Waals surface area contributed by atoms with Gasteiger partial charge in [-0.3, -0.25) is 9.69 Å². The number of methoxy groups -OCH3 is 1. The quantitative estimate of drug-likeness (QED) is 0.913. The van der Waals surface area contributed by atoms with E-state index in [9.17, 15) is 4.79 Å². The van der Waals surface area contributed by atoms with Crippen molar-refractivity contribution in [2.45, 2.75) is 25.6 Å². The highest BCUT2D eigenvalue weighted by atomic mass is 35.5. The lowest BCUT2D eigenvalue weighted by molar-refractivity contribution is -0.136. The normalized spacial score (nSPS) is 23.6. The minimum Gasteiger partial charge on any atom is -0.495 e. The highest BCUT2D eigenvalue weighted by Gasteiger charge is 2.33. The van der Waals surface area contributed by atoms with Gasteiger partial charge in [0.25, 0.3) is 0 Å². The molecule has 0 aliphatic carbocycles. The minimum atomic E-state index is -0.412. The van der Waals surface area contributed by atoms with Gasteiger partial charge < -0.3 is 15.2 Å². The second-order valence-electron chi connectivity index (χ2n) is 4.86. The maximum Gasteiger partial charge on any atom is 0.237 e. The van der Waals surface area contributed by atoms with Crippen LogP contribution in [-0.2, 0) is 16.1 Å². The topological polar surface area (TPSA) is 64.8 Å². The first-order valence-corrected chi connectivity index (χ1v) is 6.88. The van der Waals surface area contributed by atoms with E-state index >= 15 is 0 Å². The molecule has 1 aliphatic rings. The lowest BCUT2D eigenvalue weighted by atomic mass is 10.1. The average molecular weight is 299 g/mol. The van der Waals surface area contributed by atoms with Crippen LogP contribution in [0.25, 0.3) is 0 Å². The number of nitrogens with zero attached hydrogens (tertiary/aromatic N) is 1. The van der Waals surface area contributed by atoms with Gasteiger partial charge in [0.15, 0.2) is 0 Å². The molecule has 1 aliphatic heterocycles. The maximum absolute atomic E-state index is 11.6. The average Bonchev–Trinajstić information content (AvgIpc) is 2.38. The van der Waals surface area contributed by atoms with Crippen molar-refractivity contribution >= 4 is 17.5 Å². The molecule has 2 atom stereocenters. The number of primary amides is 1. The number of amides is 1. The molecule has 2 rings (SSSR count). The van der Waals surface area contributed by atoms with Crippen molar-refractivity contribution in [2.24, 2.45) is 5.73 Å². The van der Waals surface area contributed by atoms with Gasteiger partial charge in [0.2, 0.25) is 5.91 Å². The van der Waals surface area contributed by atoms with Crippen molar-refractivity contribution in [3.63, 3.8) is 0 Å². The summed E-state index contributed by atoms with van der Waals surface area (Å²) in [5, 5.41) is 0.557. The number of carbonyl (C=O) groups is 1. The first kappa shape index (κ1) is 15.1. The standard InChI is InChI=1S/C14H19ClN2O3/c1-9-13(14(16)18)17(5-6-20-9)8-10-3-4-12(19-2)11(15)7-10/h3-4,7,9,13H,5-6,8H2,1-2H3,(H2,16,18)/t9-,13+/m1/s1. The Kier molecular flexibility index (Phi) is 4.86. The molecular weight excluding hydrogens is 280 g/mol. The summed E-state index contributed by atoms with van der Waals surface area (Å²) >= 11 is 6.11. The third kappa shape index (κ3) is 3.23. The largest absolute Gasteiger partial charge is 0.495 e. The van der Waals surface area contributed by atoms with Gasteiger partial charge in [-0.2, -0.15) is 0 Å². The van der Waals surface area contributed by atoms with E-state index in [1.807, 2.05) is 30.0 Å². The Bertz CT molecular complexity index is 495. The van der Waals surface area contributed by atoms with E-state index in [0.717, 1.165) is 5.56 Å². The molecule has 0 saturated carbocycles. The van der Waals surface area contributed by atoms with E-state index < -0.39 is 6.04 Å². The molecule has 1 amide bonds. The number of morpholine rings is 1. The van der Waals surface area contributed by atoms with E-state index in [1.54, 1.807) is 7.11 Å². The fourth-order valence-electron chi connectivity index (χ4n) is 2.51. The second-order valence-corrected chi connectivity index (χ2v) is 5.27. The lowest BCUT2D eigenvalue weighted by Crippen LogP contribution is -2.56. The molecule has 0 radical (unpaired) electrons. The third-order valence-electron chi connectivity index (χ3n) is 3.49. The summed E-state index contributed by atoms with van der Waals surface area (Å²) in [7, 11) is 1.58. The molecule has 1 fully saturated rings. The number of ether oxygens (including phenoxy) is 2. The van der Waals surface area contributed by atoms with Crippen molar-refractivity contribution in [3.05, 3.63) is 28.8 Å². The minimum absolute atomic E-state index is 0.199. The van der Waals surface area contributed by atoms with Gasteiger partial charge in [-0.05, 0) is 24.6 Å². The zero-order valence-electron chi connectivity index (χ0n) is 11.6. The molecule has 1 saturated heterocycles. The first-order chi connectivity index (χ1) is 9.52. The molecule has 0 unspecified atom stereocenters. The van der Waals surface area contributed by atoms with Crippen LogP contribution in [-0.4, -0.2) is 43.2 Å². The highest BCUT2D eigenvalue weighted by molar-refractivity contribution is 6.32. The van der Waals surface area contributed by atoms with E-state index in [4.69, 9.17) is 26.8 Å². The Morgan fingerprint density at radius 2 is 2.35 bits per heavy atom. The summed E-state index contributed by atoms with van der Waals surface area (Å²) < 4.78 is 10.6. The molecular formula is C14H19ClN2O3. The van der Waals surface area contributed by atoms with Gasteiger partial charge >= 0.3 is 0 Å². The predicted molar refractivity (Wildman–Crippen MR) is 76.8 cm³/mol. The molecule has 20 heavy (non-hydrogen) atoms. The Hall–Kier alpha value is -1.30. The van der Waals surface area contributed by atoms with Gasteiger partial charge in [0.05, 0.1) is 24.8 Å². The number of carbonyl (C=O) groups excluding carboxylic acids is 1. The molecule has 1 aromatic carbocycles. The molecule has 6 heteroatoms. The molecule has 0 bridgehead atoms. The van der Waals surface area contributed by atoms with Crippen LogP contribution in [0.2, 0.25) is 5.02 Å². The third-order valence-corrected chi connectivity index (χ3v) is 3.79. The van der Waals surface area contributed by atoms with E-state index in [0.29, 0.717) is 30.5 Å². The number of benzene rings is 1. The SMILES string of the molecule is COc1ccc(CN2CCO[C@H](C)[C@H]2C(N)=O)cc1Cl. The highest BCUT2D eigenvalue weighted by Crippen LogP contribution is 2.26. The van der Waals surface area contributed by atoms with Crippen molar-refractivity contribution in [3.8, 4) is 5.75 Å². The molecule has 1 aromatic rings. The summed E-state index contributed by atoms with van der Waals surface area (Å²) in [6, 6.07) is 5.19. The maximum atomic E-state index is 11.6. The summed E-state index contributed by atoms with van der Waals surface area (Å²) in [5.41, 5.74) is 6.48. The summed E-state index contributed by atoms with van der Waals surface area (Å²) in [6.45, 7) is 3.73. The Morgan fingerprint density at radius 1 is 1.60 bits per heavy atom. The number of hydrogen-bond acceptors (Lipinski definition) is 4. The molecule has 2 N–H and O–H groups in total.